The number of nitrogens with zero attached hydrogens (tertiary/aromatic N) is 2. The van der Waals surface area contributed by atoms with Gasteiger partial charge in [0.05, 0.1) is 11.6 Å². The van der Waals surface area contributed by atoms with Crippen molar-refractivity contribution in [3.05, 3.63) is 29.8 Å². The van der Waals surface area contributed by atoms with E-state index in [9.17, 15) is 14.7 Å². The topological polar surface area (TPSA) is 93.4 Å². The van der Waals surface area contributed by atoms with Crippen LogP contribution in [0.3, 0.4) is 0 Å². The fourth-order valence-electron chi connectivity index (χ4n) is 2.53. The molecule has 1 aliphatic rings. The molecule has 0 aromatic heterocycles. The lowest BCUT2D eigenvalue weighted by Gasteiger charge is -2.41. The van der Waals surface area contributed by atoms with Crippen LogP contribution < -0.4 is 5.32 Å². The third-order valence-corrected chi connectivity index (χ3v) is 3.84. The molecule has 1 aromatic carbocycles. The Morgan fingerprint density at radius 1 is 1.43 bits per heavy atom. The van der Waals surface area contributed by atoms with Gasteiger partial charge in [-0.15, -0.1) is 0 Å². The first-order valence-corrected chi connectivity index (χ1v) is 6.79. The first-order chi connectivity index (χ1) is 9.97. The Bertz CT molecular complexity index is 608. The Kier molecular flexibility index (Phi) is 4.13. The van der Waals surface area contributed by atoms with Crippen molar-refractivity contribution < 1.29 is 14.7 Å². The van der Waals surface area contributed by atoms with Gasteiger partial charge in [0.1, 0.15) is 5.54 Å². The number of benzene rings is 1. The highest BCUT2D eigenvalue weighted by Gasteiger charge is 2.43. The van der Waals surface area contributed by atoms with Crippen molar-refractivity contribution in [2.24, 2.45) is 0 Å². The van der Waals surface area contributed by atoms with Crippen LogP contribution in [-0.4, -0.2) is 34.1 Å². The standard InChI is InChI=1S/C15H17N3O3/c1-15(13(19)20)7-2-3-8-18(15)14(21)17-12-6-4-5-11(9-12)10-16/h4-6,9H,2-3,7-8H2,1H3,(H,17,21)(H,19,20). The molecule has 2 rings (SSSR count). The minimum Gasteiger partial charge on any atom is -0.480 e. The quantitative estimate of drug-likeness (QED) is 0.873. The summed E-state index contributed by atoms with van der Waals surface area (Å²) in [6, 6.07) is 8.07. The molecule has 1 atom stereocenters. The highest BCUT2D eigenvalue weighted by Crippen LogP contribution is 2.29. The molecule has 6 nitrogen and oxygen atoms in total. The van der Waals surface area contributed by atoms with E-state index in [0.29, 0.717) is 24.2 Å². The second-order valence-corrected chi connectivity index (χ2v) is 5.31. The lowest BCUT2D eigenvalue weighted by Crippen LogP contribution is -2.58. The summed E-state index contributed by atoms with van der Waals surface area (Å²) in [4.78, 5) is 25.2. The van der Waals surface area contributed by atoms with E-state index in [2.05, 4.69) is 5.32 Å². The molecule has 0 saturated carbocycles. The van der Waals surface area contributed by atoms with Crippen molar-refractivity contribution in [1.82, 2.24) is 4.90 Å². The minimum absolute atomic E-state index is 0.409. The number of aliphatic carboxylic acids is 1. The van der Waals surface area contributed by atoms with Crippen LogP contribution in [0.2, 0.25) is 0 Å². The molecular formula is C15H17N3O3. The molecule has 6 heteroatoms. The first-order valence-electron chi connectivity index (χ1n) is 6.79. The molecule has 1 fully saturated rings. The number of carboxylic acids is 1. The van der Waals surface area contributed by atoms with E-state index < -0.39 is 17.5 Å². The van der Waals surface area contributed by atoms with Crippen molar-refractivity contribution in [2.75, 3.05) is 11.9 Å². The van der Waals surface area contributed by atoms with Crippen molar-refractivity contribution in [1.29, 1.82) is 5.26 Å². The van der Waals surface area contributed by atoms with Crippen LogP contribution in [0.1, 0.15) is 31.7 Å². The smallest absolute Gasteiger partial charge is 0.329 e. The zero-order valence-corrected chi connectivity index (χ0v) is 11.8. The van der Waals surface area contributed by atoms with E-state index in [-0.39, 0.29) is 0 Å². The molecule has 0 bridgehead atoms. The number of carbonyl (C=O) groups excluding carboxylic acids is 1. The molecule has 110 valence electrons. The van der Waals surface area contributed by atoms with Gasteiger partial charge in [-0.25, -0.2) is 9.59 Å². The number of anilines is 1. The third kappa shape index (κ3) is 2.97. The average molecular weight is 287 g/mol. The van der Waals surface area contributed by atoms with Crippen molar-refractivity contribution in [3.8, 4) is 6.07 Å². The normalized spacial score (nSPS) is 21.4. The van der Waals surface area contributed by atoms with Crippen LogP contribution in [0, 0.1) is 11.3 Å². The molecule has 0 spiro atoms. The van der Waals surface area contributed by atoms with E-state index in [0.717, 1.165) is 12.8 Å². The number of nitrogens with one attached hydrogen (secondary N) is 1. The molecule has 0 aliphatic carbocycles. The van der Waals surface area contributed by atoms with Gasteiger partial charge in [-0.3, -0.25) is 0 Å². The Hall–Kier alpha value is -2.55. The fourth-order valence-corrected chi connectivity index (χ4v) is 2.53. The zero-order valence-electron chi connectivity index (χ0n) is 11.8. The van der Waals surface area contributed by atoms with Crippen molar-refractivity contribution in [3.63, 3.8) is 0 Å². The summed E-state index contributed by atoms with van der Waals surface area (Å²) in [7, 11) is 0. The number of urea groups is 1. The van der Waals surface area contributed by atoms with Crippen molar-refractivity contribution >= 4 is 17.7 Å². The van der Waals surface area contributed by atoms with Crippen LogP contribution >= 0.6 is 0 Å². The molecule has 2 N–H and O–H groups in total. The number of carboxylic acid groups (broad SMARTS) is 1. The van der Waals surface area contributed by atoms with Crippen LogP contribution in [0.5, 0.6) is 0 Å². The molecule has 1 aliphatic heterocycles. The lowest BCUT2D eigenvalue weighted by atomic mass is 9.89. The van der Waals surface area contributed by atoms with Crippen LogP contribution in [-0.2, 0) is 4.79 Å². The fraction of sp³-hybridized carbons (Fsp3) is 0.400. The number of hydrogen-bond acceptors (Lipinski definition) is 3. The van der Waals surface area contributed by atoms with E-state index in [1.807, 2.05) is 6.07 Å². The number of rotatable bonds is 2. The summed E-state index contributed by atoms with van der Waals surface area (Å²) >= 11 is 0. The van der Waals surface area contributed by atoms with Gasteiger partial charge in [0.25, 0.3) is 0 Å². The summed E-state index contributed by atoms with van der Waals surface area (Å²) < 4.78 is 0. The Morgan fingerprint density at radius 2 is 2.19 bits per heavy atom. The van der Waals surface area contributed by atoms with Gasteiger partial charge in [-0.05, 0) is 44.4 Å². The summed E-state index contributed by atoms with van der Waals surface area (Å²) in [6.07, 6.45) is 2.01. The van der Waals surface area contributed by atoms with Crippen LogP contribution in [0.15, 0.2) is 24.3 Å². The first kappa shape index (κ1) is 14.9. The molecule has 1 unspecified atom stereocenters. The van der Waals surface area contributed by atoms with Gasteiger partial charge in [0.15, 0.2) is 0 Å². The summed E-state index contributed by atoms with van der Waals surface area (Å²) in [5, 5.41) is 20.9. The predicted octanol–water partition coefficient (Wildman–Crippen LogP) is 2.42. The van der Waals surface area contributed by atoms with E-state index in [1.165, 1.54) is 4.90 Å². The summed E-state index contributed by atoms with van der Waals surface area (Å²) in [5.74, 6) is -0.997. The Morgan fingerprint density at radius 3 is 2.86 bits per heavy atom. The number of piperidine rings is 1. The molecule has 21 heavy (non-hydrogen) atoms. The Labute approximate surface area is 123 Å². The molecular weight excluding hydrogens is 270 g/mol. The number of nitriles is 1. The molecule has 1 saturated heterocycles. The van der Waals surface area contributed by atoms with Crippen LogP contribution in [0.25, 0.3) is 0 Å². The van der Waals surface area contributed by atoms with Gasteiger partial charge in [-0.2, -0.15) is 5.26 Å². The second kappa shape index (κ2) is 5.83. The number of likely N-dealkylation sites (tertiary alicyclic amines) is 1. The maximum atomic E-state index is 12.4. The van der Waals surface area contributed by atoms with Gasteiger partial charge < -0.3 is 15.3 Å². The maximum Gasteiger partial charge on any atom is 0.329 e. The third-order valence-electron chi connectivity index (χ3n) is 3.84. The zero-order chi connectivity index (χ0) is 15.5. The van der Waals surface area contributed by atoms with Gasteiger partial charge in [-0.1, -0.05) is 6.07 Å². The maximum absolute atomic E-state index is 12.4. The van der Waals surface area contributed by atoms with E-state index >= 15 is 0 Å². The predicted molar refractivity (Wildman–Crippen MR) is 76.8 cm³/mol. The number of hydrogen-bond donors (Lipinski definition) is 2. The molecule has 0 radical (unpaired) electrons. The highest BCUT2D eigenvalue weighted by atomic mass is 16.4. The molecule has 1 aromatic rings. The Balaban J connectivity index is 2.18. The van der Waals surface area contributed by atoms with E-state index in [1.54, 1.807) is 31.2 Å². The summed E-state index contributed by atoms with van der Waals surface area (Å²) in [6.45, 7) is 1.98. The van der Waals surface area contributed by atoms with E-state index in [4.69, 9.17) is 5.26 Å². The highest BCUT2D eigenvalue weighted by molar-refractivity contribution is 5.94. The monoisotopic (exact) mass is 287 g/mol. The average Bonchev–Trinajstić information content (AvgIpc) is 2.47. The summed E-state index contributed by atoms with van der Waals surface area (Å²) in [5.41, 5.74) is -0.264. The molecule has 1 heterocycles. The van der Waals surface area contributed by atoms with Crippen molar-refractivity contribution in [2.45, 2.75) is 31.7 Å². The van der Waals surface area contributed by atoms with Gasteiger partial charge in [0, 0.05) is 12.2 Å². The van der Waals surface area contributed by atoms with Gasteiger partial charge >= 0.3 is 12.0 Å². The largest absolute Gasteiger partial charge is 0.480 e. The SMILES string of the molecule is CC1(C(=O)O)CCCCN1C(=O)Nc1cccc(C#N)c1. The molecule has 2 amide bonds. The minimum atomic E-state index is -1.19. The number of carbonyl (C=O) groups is 2. The lowest BCUT2D eigenvalue weighted by molar-refractivity contribution is -0.150. The number of amides is 2. The second-order valence-electron chi connectivity index (χ2n) is 5.31. The van der Waals surface area contributed by atoms with Crippen LogP contribution in [0.4, 0.5) is 10.5 Å². The van der Waals surface area contributed by atoms with Gasteiger partial charge in [0.2, 0.25) is 0 Å².